The molecule has 0 aromatic carbocycles. The van der Waals surface area contributed by atoms with Gasteiger partial charge in [-0.1, -0.05) is 13.3 Å². The van der Waals surface area contributed by atoms with Crippen molar-refractivity contribution in [2.45, 2.75) is 46.5 Å². The van der Waals surface area contributed by atoms with Crippen LogP contribution in [0.1, 0.15) is 54.5 Å². The zero-order valence-electron chi connectivity index (χ0n) is 14.2. The maximum absolute atomic E-state index is 12.6. The topological polar surface area (TPSA) is 59.2 Å². The van der Waals surface area contributed by atoms with Gasteiger partial charge >= 0.3 is 0 Å². The number of thiophene rings is 1. The predicted molar refractivity (Wildman–Crippen MR) is 97.1 cm³/mol. The Morgan fingerprint density at radius 3 is 2.78 bits per heavy atom. The van der Waals surface area contributed by atoms with Gasteiger partial charge in [-0.2, -0.15) is 0 Å². The van der Waals surface area contributed by atoms with Gasteiger partial charge < -0.3 is 10.6 Å². The van der Waals surface area contributed by atoms with Gasteiger partial charge in [0, 0.05) is 24.2 Å². The van der Waals surface area contributed by atoms with Crippen molar-refractivity contribution in [1.29, 1.82) is 0 Å². The van der Waals surface area contributed by atoms with Gasteiger partial charge in [-0.15, -0.1) is 11.3 Å². The van der Waals surface area contributed by atoms with E-state index in [1.807, 2.05) is 18.7 Å². The number of hydrogen-bond donors (Lipinski definition) is 1. The number of nitrogens with two attached hydrogens (primary N) is 1. The average molecular weight is 331 g/mol. The molecular formula is C18H25N3OS. The van der Waals surface area contributed by atoms with Crippen LogP contribution in [-0.2, 0) is 12.8 Å². The van der Waals surface area contributed by atoms with Crippen LogP contribution in [0.2, 0.25) is 0 Å². The lowest BCUT2D eigenvalue weighted by Crippen LogP contribution is -2.30. The first-order chi connectivity index (χ1) is 11.1. The summed E-state index contributed by atoms with van der Waals surface area (Å²) >= 11 is 1.44. The number of nitrogen functional groups attached to an aromatic ring is 1. The van der Waals surface area contributed by atoms with E-state index < -0.39 is 0 Å². The highest BCUT2D eigenvalue weighted by Gasteiger charge is 2.24. The maximum Gasteiger partial charge on any atom is 0.266 e. The summed E-state index contributed by atoms with van der Waals surface area (Å²) in [6, 6.07) is 2.18. The summed E-state index contributed by atoms with van der Waals surface area (Å²) in [4.78, 5) is 20.8. The first kappa shape index (κ1) is 16.2. The van der Waals surface area contributed by atoms with E-state index >= 15 is 0 Å². The monoisotopic (exact) mass is 331 g/mol. The molecule has 0 radical (unpaired) electrons. The number of carbonyl (C=O) groups is 1. The third-order valence-electron chi connectivity index (χ3n) is 5.01. The predicted octanol–water partition coefficient (Wildman–Crippen LogP) is 3.88. The first-order valence-corrected chi connectivity index (χ1v) is 9.40. The Balaban J connectivity index is 2.04. The number of pyridine rings is 1. The molecule has 0 unspecified atom stereocenters. The molecule has 2 aromatic rings. The third kappa shape index (κ3) is 2.82. The second-order valence-corrected chi connectivity index (χ2v) is 7.29. The maximum atomic E-state index is 12.6. The lowest BCUT2D eigenvalue weighted by molar-refractivity contribution is 0.0779. The van der Waals surface area contributed by atoms with Gasteiger partial charge in [-0.3, -0.25) is 4.79 Å². The van der Waals surface area contributed by atoms with Crippen molar-refractivity contribution in [2.75, 3.05) is 18.8 Å². The molecule has 0 aliphatic heterocycles. The highest BCUT2D eigenvalue weighted by Crippen LogP contribution is 2.37. The molecule has 124 valence electrons. The van der Waals surface area contributed by atoms with Crippen LogP contribution in [0.5, 0.6) is 0 Å². The molecule has 2 N–H and O–H groups in total. The molecule has 0 bridgehead atoms. The number of aryl methyl sites for hydroxylation is 1. The molecule has 0 saturated heterocycles. The summed E-state index contributed by atoms with van der Waals surface area (Å²) < 4.78 is 0. The number of aromatic nitrogens is 1. The Labute approximate surface area is 141 Å². The van der Waals surface area contributed by atoms with Crippen LogP contribution in [0.25, 0.3) is 10.2 Å². The largest absolute Gasteiger partial charge is 0.397 e. The zero-order valence-corrected chi connectivity index (χ0v) is 15.0. The fourth-order valence-electron chi connectivity index (χ4n) is 3.43. The van der Waals surface area contributed by atoms with Crippen molar-refractivity contribution in [1.82, 2.24) is 9.88 Å². The quantitative estimate of drug-likeness (QED) is 0.925. The Morgan fingerprint density at radius 1 is 1.39 bits per heavy atom. The fourth-order valence-corrected chi connectivity index (χ4v) is 4.49. The standard InChI is InChI=1S/C18H25N3OS/c1-4-11-7-8-14-12(9-11)10-13-15(19)16(23-17(13)20-14)18(22)21(5-2)6-3/h10-11H,4-9,19H2,1-3H3/t11-/m0/s1. The molecule has 1 aliphatic carbocycles. The van der Waals surface area contributed by atoms with E-state index in [9.17, 15) is 4.79 Å². The number of nitrogens with zero attached hydrogens (tertiary/aromatic N) is 2. The molecule has 2 heterocycles. The molecule has 0 spiro atoms. The van der Waals surface area contributed by atoms with E-state index in [2.05, 4.69) is 13.0 Å². The summed E-state index contributed by atoms with van der Waals surface area (Å²) in [6.07, 6.45) is 4.56. The minimum Gasteiger partial charge on any atom is -0.397 e. The van der Waals surface area contributed by atoms with Crippen molar-refractivity contribution in [3.8, 4) is 0 Å². The van der Waals surface area contributed by atoms with Gasteiger partial charge in [0.25, 0.3) is 5.91 Å². The van der Waals surface area contributed by atoms with Crippen molar-refractivity contribution < 1.29 is 4.79 Å². The molecule has 23 heavy (non-hydrogen) atoms. The number of carbonyl (C=O) groups excluding carboxylic acids is 1. The molecule has 1 atom stereocenters. The second-order valence-electron chi connectivity index (χ2n) is 6.29. The van der Waals surface area contributed by atoms with Gasteiger partial charge in [-0.25, -0.2) is 4.98 Å². The fraction of sp³-hybridized carbons (Fsp3) is 0.556. The lowest BCUT2D eigenvalue weighted by Gasteiger charge is -2.22. The highest BCUT2D eigenvalue weighted by molar-refractivity contribution is 7.21. The number of hydrogen-bond acceptors (Lipinski definition) is 4. The number of fused-ring (bicyclic) bond motifs is 2. The molecule has 4 nitrogen and oxygen atoms in total. The summed E-state index contributed by atoms with van der Waals surface area (Å²) in [5, 5.41) is 0.959. The normalized spacial score (nSPS) is 17.3. The number of rotatable bonds is 4. The number of anilines is 1. The number of amides is 1. The van der Waals surface area contributed by atoms with Crippen LogP contribution in [-0.4, -0.2) is 28.9 Å². The first-order valence-electron chi connectivity index (χ1n) is 8.58. The molecule has 2 aromatic heterocycles. The molecule has 5 heteroatoms. The molecule has 1 aliphatic rings. The van der Waals surface area contributed by atoms with E-state index in [1.165, 1.54) is 35.4 Å². The van der Waals surface area contributed by atoms with Gasteiger partial charge in [0.2, 0.25) is 0 Å². The molecule has 3 rings (SSSR count). The van der Waals surface area contributed by atoms with Crippen LogP contribution in [0, 0.1) is 5.92 Å². The third-order valence-corrected chi connectivity index (χ3v) is 6.11. The molecule has 0 fully saturated rings. The SMILES string of the molecule is CC[C@H]1CCc2nc3sc(C(=O)N(CC)CC)c(N)c3cc2C1. The van der Waals surface area contributed by atoms with Crippen LogP contribution < -0.4 is 5.73 Å². The molecule has 1 amide bonds. The minimum absolute atomic E-state index is 0.0277. The summed E-state index contributed by atoms with van der Waals surface area (Å²) in [7, 11) is 0. The van der Waals surface area contributed by atoms with Gasteiger partial charge in [-0.05, 0) is 50.7 Å². The van der Waals surface area contributed by atoms with E-state index in [0.717, 1.165) is 29.0 Å². The van der Waals surface area contributed by atoms with E-state index in [4.69, 9.17) is 10.7 Å². The average Bonchev–Trinajstić information content (AvgIpc) is 2.89. The smallest absolute Gasteiger partial charge is 0.266 e. The lowest BCUT2D eigenvalue weighted by atomic mass is 9.85. The van der Waals surface area contributed by atoms with Crippen LogP contribution >= 0.6 is 11.3 Å². The summed E-state index contributed by atoms with van der Waals surface area (Å²) in [6.45, 7) is 7.64. The Kier molecular flexibility index (Phi) is 4.57. The zero-order chi connectivity index (χ0) is 16.6. The Hall–Kier alpha value is -1.62. The summed E-state index contributed by atoms with van der Waals surface area (Å²) in [5.41, 5.74) is 9.44. The van der Waals surface area contributed by atoms with Gasteiger partial charge in [0.1, 0.15) is 9.71 Å². The Bertz CT molecular complexity index is 733. The van der Waals surface area contributed by atoms with Crippen molar-refractivity contribution in [2.24, 2.45) is 5.92 Å². The van der Waals surface area contributed by atoms with Gasteiger partial charge in [0.15, 0.2) is 0 Å². The van der Waals surface area contributed by atoms with E-state index in [-0.39, 0.29) is 5.91 Å². The van der Waals surface area contributed by atoms with Crippen LogP contribution in [0.3, 0.4) is 0 Å². The van der Waals surface area contributed by atoms with Gasteiger partial charge in [0.05, 0.1) is 5.69 Å². The molecular weight excluding hydrogens is 306 g/mol. The van der Waals surface area contributed by atoms with Crippen LogP contribution in [0.4, 0.5) is 5.69 Å². The second kappa shape index (κ2) is 6.48. The van der Waals surface area contributed by atoms with Crippen LogP contribution in [0.15, 0.2) is 6.07 Å². The van der Waals surface area contributed by atoms with E-state index in [1.54, 1.807) is 0 Å². The highest BCUT2D eigenvalue weighted by atomic mass is 32.1. The molecule has 0 saturated carbocycles. The van der Waals surface area contributed by atoms with Crippen molar-refractivity contribution >= 4 is 33.1 Å². The van der Waals surface area contributed by atoms with E-state index in [0.29, 0.717) is 23.7 Å². The summed E-state index contributed by atoms with van der Waals surface area (Å²) in [5.74, 6) is 0.776. The van der Waals surface area contributed by atoms with Crippen molar-refractivity contribution in [3.05, 3.63) is 22.2 Å². The van der Waals surface area contributed by atoms with Crippen molar-refractivity contribution in [3.63, 3.8) is 0 Å². The minimum atomic E-state index is 0.0277. The Morgan fingerprint density at radius 2 is 2.13 bits per heavy atom.